The molecule has 96 valence electrons. The van der Waals surface area contributed by atoms with E-state index in [0.717, 1.165) is 42.1 Å². The monoisotopic (exact) mass is 301 g/mol. The molecule has 0 heterocycles. The molecular weight excluding hydrogens is 282 g/mol. The third-order valence-corrected chi connectivity index (χ3v) is 2.81. The maximum Gasteiger partial charge on any atom is 0.123 e. The van der Waals surface area contributed by atoms with E-state index >= 15 is 0 Å². The van der Waals surface area contributed by atoms with Gasteiger partial charge in [0.25, 0.3) is 0 Å². The Morgan fingerprint density at radius 2 is 2.00 bits per heavy atom. The van der Waals surface area contributed by atoms with Gasteiger partial charge in [0.15, 0.2) is 0 Å². The number of hydrogen-bond donors (Lipinski definition) is 1. The Labute approximate surface area is 112 Å². The van der Waals surface area contributed by atoms with E-state index in [0.29, 0.717) is 6.61 Å². The Morgan fingerprint density at radius 1 is 1.24 bits per heavy atom. The van der Waals surface area contributed by atoms with E-state index in [-0.39, 0.29) is 0 Å². The summed E-state index contributed by atoms with van der Waals surface area (Å²) in [7, 11) is 0. The van der Waals surface area contributed by atoms with Crippen molar-refractivity contribution in [1.82, 2.24) is 5.32 Å². The van der Waals surface area contributed by atoms with E-state index in [1.54, 1.807) is 0 Å². The van der Waals surface area contributed by atoms with Gasteiger partial charge in [0.05, 0.1) is 6.61 Å². The molecule has 0 saturated heterocycles. The molecule has 3 nitrogen and oxygen atoms in total. The maximum atomic E-state index is 5.69. The summed E-state index contributed by atoms with van der Waals surface area (Å²) in [5, 5.41) is 3.26. The summed E-state index contributed by atoms with van der Waals surface area (Å²) in [6, 6.07) is 6.06. The van der Waals surface area contributed by atoms with Crippen LogP contribution in [0.4, 0.5) is 0 Å². The average Bonchev–Trinajstić information content (AvgIpc) is 2.32. The first-order valence-corrected chi connectivity index (χ1v) is 6.70. The molecule has 17 heavy (non-hydrogen) atoms. The van der Waals surface area contributed by atoms with Gasteiger partial charge in [0.2, 0.25) is 0 Å². The highest BCUT2D eigenvalue weighted by atomic mass is 79.9. The second-order valence-corrected chi connectivity index (χ2v) is 4.62. The molecule has 4 heteroatoms. The van der Waals surface area contributed by atoms with E-state index in [1.165, 1.54) is 0 Å². The third-order valence-electron chi connectivity index (χ3n) is 2.31. The molecule has 0 bridgehead atoms. The zero-order chi connectivity index (χ0) is 12.5. The molecule has 1 aromatic carbocycles. The summed E-state index contributed by atoms with van der Waals surface area (Å²) in [5.74, 6) is 0.936. The summed E-state index contributed by atoms with van der Waals surface area (Å²) >= 11 is 3.44. The highest BCUT2D eigenvalue weighted by Crippen LogP contribution is 2.22. The Hall–Kier alpha value is -0.580. The van der Waals surface area contributed by atoms with Crippen LogP contribution < -0.4 is 10.1 Å². The second kappa shape index (κ2) is 8.50. The summed E-state index contributed by atoms with van der Waals surface area (Å²) in [6.07, 6.45) is 0. The molecule has 0 radical (unpaired) electrons. The van der Waals surface area contributed by atoms with Crippen molar-refractivity contribution in [2.75, 3.05) is 32.9 Å². The normalized spacial score (nSPS) is 10.5. The van der Waals surface area contributed by atoms with Gasteiger partial charge in [-0.1, -0.05) is 22.0 Å². The Bertz CT molecular complexity index is 331. The fourth-order valence-electron chi connectivity index (χ4n) is 1.38. The number of ether oxygens (including phenoxy) is 2. The summed E-state index contributed by atoms with van der Waals surface area (Å²) in [5.41, 5.74) is 1.16. The first-order chi connectivity index (χ1) is 8.24. The topological polar surface area (TPSA) is 30.5 Å². The summed E-state index contributed by atoms with van der Waals surface area (Å²) in [6.45, 7) is 7.95. The summed E-state index contributed by atoms with van der Waals surface area (Å²) in [4.78, 5) is 0. The second-order valence-electron chi connectivity index (χ2n) is 3.71. The molecule has 1 N–H and O–H groups in total. The molecule has 0 aliphatic heterocycles. The van der Waals surface area contributed by atoms with Crippen molar-refractivity contribution in [2.24, 2.45) is 0 Å². The lowest BCUT2D eigenvalue weighted by Gasteiger charge is -2.10. The van der Waals surface area contributed by atoms with Gasteiger partial charge in [-0.2, -0.15) is 0 Å². The quantitative estimate of drug-likeness (QED) is 0.749. The van der Waals surface area contributed by atoms with Crippen LogP contribution in [0.3, 0.4) is 0 Å². The lowest BCUT2D eigenvalue weighted by molar-refractivity contribution is 0.148. The molecule has 0 aliphatic rings. The predicted octanol–water partition coefficient (Wildman–Crippen LogP) is 2.76. The van der Waals surface area contributed by atoms with Crippen molar-refractivity contribution in [2.45, 2.75) is 13.8 Å². The molecule has 0 unspecified atom stereocenters. The van der Waals surface area contributed by atoms with Gasteiger partial charge in [-0.05, 0) is 31.5 Å². The van der Waals surface area contributed by atoms with E-state index in [4.69, 9.17) is 9.47 Å². The first kappa shape index (κ1) is 14.5. The highest BCUT2D eigenvalue weighted by molar-refractivity contribution is 9.10. The zero-order valence-electron chi connectivity index (χ0n) is 10.5. The third kappa shape index (κ3) is 6.05. The van der Waals surface area contributed by atoms with Crippen LogP contribution in [-0.4, -0.2) is 32.9 Å². The summed E-state index contributed by atoms with van der Waals surface area (Å²) < 4.78 is 12.0. The number of hydrogen-bond acceptors (Lipinski definition) is 3. The van der Waals surface area contributed by atoms with Crippen molar-refractivity contribution in [3.8, 4) is 5.75 Å². The average molecular weight is 302 g/mol. The van der Waals surface area contributed by atoms with Gasteiger partial charge in [-0.15, -0.1) is 0 Å². The van der Waals surface area contributed by atoms with E-state index < -0.39 is 0 Å². The van der Waals surface area contributed by atoms with Gasteiger partial charge in [0, 0.05) is 24.2 Å². The van der Waals surface area contributed by atoms with Gasteiger partial charge < -0.3 is 14.8 Å². The smallest absolute Gasteiger partial charge is 0.123 e. The molecule has 0 aromatic heterocycles. The fourth-order valence-corrected chi connectivity index (χ4v) is 1.72. The number of aryl methyl sites for hydroxylation is 1. The molecular formula is C13H20BrNO2. The molecule has 1 aromatic rings. The van der Waals surface area contributed by atoms with Crippen molar-refractivity contribution in [1.29, 1.82) is 0 Å². The number of halogens is 1. The minimum absolute atomic E-state index is 0.670. The van der Waals surface area contributed by atoms with Gasteiger partial charge in [-0.25, -0.2) is 0 Å². The van der Waals surface area contributed by atoms with Crippen molar-refractivity contribution < 1.29 is 9.47 Å². The Morgan fingerprint density at radius 3 is 2.76 bits per heavy atom. The number of rotatable bonds is 8. The molecule has 0 fully saturated rings. The van der Waals surface area contributed by atoms with Crippen LogP contribution in [0.15, 0.2) is 22.7 Å². The van der Waals surface area contributed by atoms with Crippen LogP contribution >= 0.6 is 15.9 Å². The molecule has 0 spiro atoms. The van der Waals surface area contributed by atoms with Crippen molar-refractivity contribution in [3.63, 3.8) is 0 Å². The van der Waals surface area contributed by atoms with Gasteiger partial charge >= 0.3 is 0 Å². The van der Waals surface area contributed by atoms with E-state index in [9.17, 15) is 0 Å². The molecule has 0 saturated carbocycles. The Balaban J connectivity index is 2.15. The van der Waals surface area contributed by atoms with Gasteiger partial charge in [-0.3, -0.25) is 0 Å². The fraction of sp³-hybridized carbons (Fsp3) is 0.538. The van der Waals surface area contributed by atoms with Crippen molar-refractivity contribution >= 4 is 15.9 Å². The predicted molar refractivity (Wildman–Crippen MR) is 73.7 cm³/mol. The minimum atomic E-state index is 0.670. The molecule has 0 aliphatic carbocycles. The molecule has 1 rings (SSSR count). The van der Waals surface area contributed by atoms with E-state index in [2.05, 4.69) is 21.2 Å². The lowest BCUT2D eigenvalue weighted by Crippen LogP contribution is -2.25. The van der Waals surface area contributed by atoms with Crippen LogP contribution in [0.25, 0.3) is 0 Å². The van der Waals surface area contributed by atoms with Crippen molar-refractivity contribution in [3.05, 3.63) is 28.2 Å². The minimum Gasteiger partial charge on any atom is -0.492 e. The standard InChI is InChI=1S/C13H20BrNO2/c1-3-16-8-6-15-7-9-17-13-10-12(14)5-4-11(13)2/h4-5,10,15H,3,6-9H2,1-2H3. The lowest BCUT2D eigenvalue weighted by atomic mass is 10.2. The van der Waals surface area contributed by atoms with Crippen LogP contribution in [-0.2, 0) is 4.74 Å². The largest absolute Gasteiger partial charge is 0.492 e. The number of benzene rings is 1. The Kier molecular flexibility index (Phi) is 7.24. The van der Waals surface area contributed by atoms with Crippen LogP contribution in [0.2, 0.25) is 0 Å². The van der Waals surface area contributed by atoms with Crippen LogP contribution in [0, 0.1) is 6.92 Å². The zero-order valence-corrected chi connectivity index (χ0v) is 12.0. The SMILES string of the molecule is CCOCCNCCOc1cc(Br)ccc1C. The first-order valence-electron chi connectivity index (χ1n) is 5.91. The van der Waals surface area contributed by atoms with E-state index in [1.807, 2.05) is 32.0 Å². The van der Waals surface area contributed by atoms with Crippen LogP contribution in [0.1, 0.15) is 12.5 Å². The molecule has 0 atom stereocenters. The van der Waals surface area contributed by atoms with Gasteiger partial charge in [0.1, 0.15) is 12.4 Å². The maximum absolute atomic E-state index is 5.69. The van der Waals surface area contributed by atoms with Crippen LogP contribution in [0.5, 0.6) is 5.75 Å². The molecule has 0 amide bonds. The number of nitrogens with one attached hydrogen (secondary N) is 1. The highest BCUT2D eigenvalue weighted by Gasteiger charge is 1.99.